The standard InChI is InChI=1S/C47H57N3O6/c1-29(24-30-8-3-2-4-9-30)31-10-5-6-12-40(52)45-32(14-13-31)15-16-33(25-42(45)54)34-17-19-39(51)43(26-34)56-47-37(18-20-41(53)46(47)55)38(28-36-11-7-22-49-36)35-21-23-50-44(48)27-35/h2-4,7-9,11,15-22,26-27,29,31-33,37-38,40-42,45-47,49-55H,5-6,10,12,23-25,28,48H2,1H3/t29-,31+,32-,33-,37+,38-,40+,41-,42-,45-,46+,47+/m1/s1. The number of aliphatic hydroxyl groups excluding tert-OH is 4. The van der Waals surface area contributed by atoms with Gasteiger partial charge in [0.25, 0.3) is 0 Å². The molecule has 0 unspecified atom stereocenters. The molecule has 0 bridgehead atoms. The summed E-state index contributed by atoms with van der Waals surface area (Å²) in [5, 5.41) is 59.8. The molecule has 0 fully saturated rings. The Morgan fingerprint density at radius 3 is 2.50 bits per heavy atom. The number of phenols is 1. The van der Waals surface area contributed by atoms with Crippen LogP contribution in [0.4, 0.5) is 0 Å². The fourth-order valence-corrected chi connectivity index (χ4v) is 9.19. The highest BCUT2D eigenvalue weighted by Crippen LogP contribution is 2.42. The molecule has 9 heteroatoms. The molecule has 0 spiro atoms. The van der Waals surface area contributed by atoms with Gasteiger partial charge in [-0.05, 0) is 91.0 Å². The second-order valence-electron chi connectivity index (χ2n) is 16.3. The van der Waals surface area contributed by atoms with Crippen molar-refractivity contribution in [1.82, 2.24) is 10.3 Å². The first-order chi connectivity index (χ1) is 27.1. The van der Waals surface area contributed by atoms with Crippen molar-refractivity contribution in [2.45, 2.75) is 88.3 Å². The van der Waals surface area contributed by atoms with E-state index < -0.39 is 42.4 Å². The first-order valence-corrected chi connectivity index (χ1v) is 20.3. The van der Waals surface area contributed by atoms with Crippen molar-refractivity contribution in [2.24, 2.45) is 41.2 Å². The minimum Gasteiger partial charge on any atom is -0.504 e. The smallest absolute Gasteiger partial charge is 0.161 e. The van der Waals surface area contributed by atoms with Gasteiger partial charge in [-0.1, -0.05) is 98.4 Å². The minimum absolute atomic E-state index is 0.0980. The van der Waals surface area contributed by atoms with E-state index in [9.17, 15) is 25.5 Å². The number of aliphatic hydroxyl groups is 4. The Morgan fingerprint density at radius 2 is 1.71 bits per heavy atom. The summed E-state index contributed by atoms with van der Waals surface area (Å²) in [6.45, 7) is 2.84. The molecule has 3 aliphatic carbocycles. The van der Waals surface area contributed by atoms with Crippen molar-refractivity contribution < 1.29 is 30.3 Å². The lowest BCUT2D eigenvalue weighted by atomic mass is 9.74. The van der Waals surface area contributed by atoms with E-state index in [1.54, 1.807) is 18.2 Å². The second-order valence-corrected chi connectivity index (χ2v) is 16.3. The Balaban J connectivity index is 1.15. The first kappa shape index (κ1) is 39.5. The van der Waals surface area contributed by atoms with Gasteiger partial charge in [-0.25, -0.2) is 0 Å². The number of rotatable bonds is 10. The van der Waals surface area contributed by atoms with Gasteiger partial charge < -0.3 is 46.3 Å². The molecule has 4 aliphatic rings. The van der Waals surface area contributed by atoms with Crippen LogP contribution in [0.2, 0.25) is 0 Å². The zero-order chi connectivity index (χ0) is 39.2. The number of nitrogens with one attached hydrogen (secondary N) is 2. The van der Waals surface area contributed by atoms with E-state index in [1.807, 2.05) is 42.6 Å². The highest BCUT2D eigenvalue weighted by Gasteiger charge is 2.42. The summed E-state index contributed by atoms with van der Waals surface area (Å²) in [4.78, 5) is 3.29. The van der Waals surface area contributed by atoms with E-state index in [1.165, 1.54) is 5.56 Å². The van der Waals surface area contributed by atoms with Crippen LogP contribution in [0.25, 0.3) is 0 Å². The third kappa shape index (κ3) is 9.28. The molecule has 0 amide bonds. The molecule has 2 heterocycles. The van der Waals surface area contributed by atoms with Crippen molar-refractivity contribution in [1.29, 1.82) is 0 Å². The van der Waals surface area contributed by atoms with Gasteiger partial charge in [0, 0.05) is 48.0 Å². The summed E-state index contributed by atoms with van der Waals surface area (Å²) in [5.41, 5.74) is 10.3. The SMILES string of the molecule is C[C@H](Cc1ccccc1)[C@@H]1C#C[C@@H]2C=C[C@@H](c3ccc(O)c(O[C@@H]4[C@@H](O)[C@H](O)C=C[C@H]4[C@H](Cc4ccc[nH]4)C4=CCNC(N)=C4)c3)C[C@@H](O)[C@H]2[C@@H](O)CCCC1. The average molecular weight is 760 g/mol. The Hall–Kier alpha value is -4.72. The van der Waals surface area contributed by atoms with E-state index in [4.69, 9.17) is 10.5 Å². The molecule has 9 N–H and O–H groups in total. The Morgan fingerprint density at radius 1 is 0.893 bits per heavy atom. The van der Waals surface area contributed by atoms with Crippen LogP contribution in [0.15, 0.2) is 115 Å². The molecule has 1 aromatic heterocycles. The number of nitrogens with two attached hydrogens (primary N) is 1. The monoisotopic (exact) mass is 759 g/mol. The van der Waals surface area contributed by atoms with Gasteiger partial charge in [-0.3, -0.25) is 0 Å². The highest BCUT2D eigenvalue weighted by molar-refractivity contribution is 5.45. The maximum atomic E-state index is 11.8. The third-order valence-electron chi connectivity index (χ3n) is 12.4. The zero-order valence-corrected chi connectivity index (χ0v) is 32.1. The van der Waals surface area contributed by atoms with Gasteiger partial charge in [0.1, 0.15) is 18.3 Å². The fraction of sp³-hybridized carbons (Fsp3) is 0.447. The van der Waals surface area contributed by atoms with E-state index in [-0.39, 0.29) is 35.2 Å². The molecule has 12 atom stereocenters. The highest BCUT2D eigenvalue weighted by atomic mass is 16.5. The summed E-state index contributed by atoms with van der Waals surface area (Å²) in [7, 11) is 0. The second kappa shape index (κ2) is 18.0. The molecule has 296 valence electrons. The molecule has 0 saturated carbocycles. The predicted octanol–water partition coefficient (Wildman–Crippen LogP) is 5.63. The van der Waals surface area contributed by atoms with Crippen LogP contribution in [0.3, 0.4) is 0 Å². The Bertz CT molecular complexity index is 1940. The van der Waals surface area contributed by atoms with Gasteiger partial charge in [0.2, 0.25) is 0 Å². The minimum atomic E-state index is -1.27. The quantitative estimate of drug-likeness (QED) is 0.0974. The predicted molar refractivity (Wildman–Crippen MR) is 218 cm³/mol. The summed E-state index contributed by atoms with van der Waals surface area (Å²) in [6.07, 6.45) is 14.0. The summed E-state index contributed by atoms with van der Waals surface area (Å²) >= 11 is 0. The summed E-state index contributed by atoms with van der Waals surface area (Å²) in [5.74, 6) is 6.75. The topological polar surface area (TPSA) is 164 Å². The number of hydrogen-bond acceptors (Lipinski definition) is 8. The number of allylic oxidation sites excluding steroid dienone is 4. The van der Waals surface area contributed by atoms with E-state index in [0.717, 1.165) is 42.5 Å². The normalized spacial score (nSPS) is 31.6. The van der Waals surface area contributed by atoms with Crippen molar-refractivity contribution in [2.75, 3.05) is 6.54 Å². The Kier molecular flexibility index (Phi) is 12.7. The molecule has 56 heavy (non-hydrogen) atoms. The van der Waals surface area contributed by atoms with Crippen LogP contribution >= 0.6 is 0 Å². The molecular weight excluding hydrogens is 703 g/mol. The average Bonchev–Trinajstić information content (AvgIpc) is 3.65. The van der Waals surface area contributed by atoms with E-state index in [0.29, 0.717) is 37.5 Å². The number of phenolic OH excluding ortho intramolecular Hbond substituents is 1. The molecule has 9 nitrogen and oxygen atoms in total. The van der Waals surface area contributed by atoms with Crippen molar-refractivity contribution >= 4 is 0 Å². The maximum Gasteiger partial charge on any atom is 0.161 e. The van der Waals surface area contributed by atoms with Crippen molar-refractivity contribution in [3.63, 3.8) is 0 Å². The van der Waals surface area contributed by atoms with Crippen LogP contribution in [-0.2, 0) is 12.8 Å². The maximum absolute atomic E-state index is 11.8. The molecular formula is C47H57N3O6. The van der Waals surface area contributed by atoms with E-state index in [2.05, 4.69) is 71.6 Å². The number of fused-ring (bicyclic) bond motifs is 1. The molecule has 1 aliphatic heterocycles. The van der Waals surface area contributed by atoms with Gasteiger partial charge in [-0.15, -0.1) is 0 Å². The van der Waals surface area contributed by atoms with Gasteiger partial charge in [0.05, 0.1) is 18.0 Å². The number of H-pyrrole nitrogens is 1. The number of dihydropyridines is 1. The number of hydrogen-bond donors (Lipinski definition) is 8. The van der Waals surface area contributed by atoms with Gasteiger partial charge >= 0.3 is 0 Å². The van der Waals surface area contributed by atoms with Crippen molar-refractivity contribution in [3.05, 3.63) is 132 Å². The molecule has 0 radical (unpaired) electrons. The first-order valence-electron chi connectivity index (χ1n) is 20.3. The summed E-state index contributed by atoms with van der Waals surface area (Å²) < 4.78 is 6.57. The Labute approximate surface area is 330 Å². The summed E-state index contributed by atoms with van der Waals surface area (Å²) in [6, 6.07) is 19.6. The lowest BCUT2D eigenvalue weighted by molar-refractivity contribution is -0.0608. The van der Waals surface area contributed by atoms with Crippen LogP contribution in [0.1, 0.15) is 61.8 Å². The molecule has 7 rings (SSSR count). The lowest BCUT2D eigenvalue weighted by Crippen LogP contribution is -2.50. The number of ether oxygens (including phenoxy) is 1. The van der Waals surface area contributed by atoms with Gasteiger partial charge in [0.15, 0.2) is 11.5 Å². The van der Waals surface area contributed by atoms with Crippen LogP contribution in [0.5, 0.6) is 11.5 Å². The van der Waals surface area contributed by atoms with E-state index >= 15 is 0 Å². The molecule has 2 aromatic carbocycles. The molecule has 0 saturated heterocycles. The lowest BCUT2D eigenvalue weighted by Gasteiger charge is -2.39. The van der Waals surface area contributed by atoms with Crippen molar-refractivity contribution in [3.8, 4) is 23.3 Å². The zero-order valence-electron chi connectivity index (χ0n) is 32.1. The largest absolute Gasteiger partial charge is 0.504 e. The molecule has 3 aromatic rings. The van der Waals surface area contributed by atoms with Crippen LogP contribution < -0.4 is 15.8 Å². The number of aromatic nitrogens is 1. The third-order valence-corrected chi connectivity index (χ3v) is 12.4. The fourth-order valence-electron chi connectivity index (χ4n) is 9.19. The number of benzene rings is 2. The van der Waals surface area contributed by atoms with Crippen LogP contribution in [0, 0.1) is 47.3 Å². The number of aromatic amines is 1. The number of aromatic hydroxyl groups is 1. The van der Waals surface area contributed by atoms with Gasteiger partial charge in [-0.2, -0.15) is 0 Å². The van der Waals surface area contributed by atoms with Crippen LogP contribution in [-0.4, -0.2) is 67.6 Å².